The van der Waals surface area contributed by atoms with Crippen molar-refractivity contribution in [1.82, 2.24) is 15.2 Å². The number of carboxylic acids is 1. The second-order valence-electron chi connectivity index (χ2n) is 5.44. The highest BCUT2D eigenvalue weighted by molar-refractivity contribution is 5.94. The van der Waals surface area contributed by atoms with Crippen molar-refractivity contribution >= 4 is 11.9 Å². The van der Waals surface area contributed by atoms with Gasteiger partial charge in [0.25, 0.3) is 5.91 Å². The van der Waals surface area contributed by atoms with Gasteiger partial charge in [0.2, 0.25) is 0 Å². The first kappa shape index (κ1) is 15.4. The van der Waals surface area contributed by atoms with Gasteiger partial charge in [-0.1, -0.05) is 6.92 Å². The summed E-state index contributed by atoms with van der Waals surface area (Å²) in [6.07, 6.45) is 3.17. The molecule has 6 nitrogen and oxygen atoms in total. The number of hydrogen-bond acceptors (Lipinski definition) is 4. The minimum atomic E-state index is -0.810. The van der Waals surface area contributed by atoms with E-state index in [0.717, 1.165) is 18.5 Å². The molecule has 0 unspecified atom stereocenters. The highest BCUT2D eigenvalue weighted by Crippen LogP contribution is 2.25. The van der Waals surface area contributed by atoms with Crippen molar-refractivity contribution in [1.29, 1.82) is 0 Å². The van der Waals surface area contributed by atoms with Gasteiger partial charge in [-0.2, -0.15) is 0 Å². The number of nitrogens with one attached hydrogen (secondary N) is 1. The summed E-state index contributed by atoms with van der Waals surface area (Å²) in [5.74, 6) is -0.928. The van der Waals surface area contributed by atoms with Crippen LogP contribution < -0.4 is 5.32 Å². The molecule has 2 N–H and O–H groups in total. The molecule has 0 aliphatic heterocycles. The van der Waals surface area contributed by atoms with Gasteiger partial charge in [0.15, 0.2) is 0 Å². The monoisotopic (exact) mass is 291 g/mol. The zero-order valence-corrected chi connectivity index (χ0v) is 12.4. The molecule has 1 aliphatic carbocycles. The molecular weight excluding hydrogens is 270 g/mol. The summed E-state index contributed by atoms with van der Waals surface area (Å²) in [6.45, 7) is 4.59. The third-order valence-corrected chi connectivity index (χ3v) is 3.88. The van der Waals surface area contributed by atoms with Crippen molar-refractivity contribution in [2.75, 3.05) is 13.1 Å². The highest BCUT2D eigenvalue weighted by atomic mass is 16.4. The Hall–Kier alpha value is -1.95. The fourth-order valence-corrected chi connectivity index (χ4v) is 2.55. The molecule has 114 valence electrons. The fourth-order valence-electron chi connectivity index (χ4n) is 2.55. The zero-order valence-electron chi connectivity index (χ0n) is 12.4. The SMILES string of the molecule is CCN(CC(=O)O)C1CC(NC(=O)c2ccc(C)nc2)C1. The molecule has 0 atom stereocenters. The lowest BCUT2D eigenvalue weighted by molar-refractivity contribution is -0.139. The number of pyridine rings is 1. The Labute approximate surface area is 124 Å². The van der Waals surface area contributed by atoms with Crippen LogP contribution in [0.5, 0.6) is 0 Å². The molecule has 0 bridgehead atoms. The topological polar surface area (TPSA) is 82.5 Å². The second kappa shape index (κ2) is 6.67. The van der Waals surface area contributed by atoms with Gasteiger partial charge in [0, 0.05) is 24.0 Å². The van der Waals surface area contributed by atoms with Crippen LogP contribution in [0.25, 0.3) is 0 Å². The van der Waals surface area contributed by atoms with Crippen molar-refractivity contribution in [2.24, 2.45) is 0 Å². The van der Waals surface area contributed by atoms with Gasteiger partial charge in [-0.25, -0.2) is 0 Å². The Balaban J connectivity index is 1.80. The summed E-state index contributed by atoms with van der Waals surface area (Å²) in [4.78, 5) is 28.8. The average molecular weight is 291 g/mol. The molecule has 1 amide bonds. The van der Waals surface area contributed by atoms with Gasteiger partial charge >= 0.3 is 5.97 Å². The van der Waals surface area contributed by atoms with Gasteiger partial charge in [-0.15, -0.1) is 0 Å². The number of carbonyl (C=O) groups is 2. The number of amides is 1. The molecule has 0 aromatic carbocycles. The minimum absolute atomic E-state index is 0.0592. The third kappa shape index (κ3) is 4.01. The van der Waals surface area contributed by atoms with E-state index >= 15 is 0 Å². The number of aryl methyl sites for hydroxylation is 1. The smallest absolute Gasteiger partial charge is 0.317 e. The van der Waals surface area contributed by atoms with Crippen molar-refractivity contribution in [2.45, 2.75) is 38.8 Å². The molecule has 6 heteroatoms. The van der Waals surface area contributed by atoms with Crippen LogP contribution in [0.4, 0.5) is 0 Å². The molecule has 0 spiro atoms. The number of rotatable bonds is 6. The predicted octanol–water partition coefficient (Wildman–Crippen LogP) is 1.06. The summed E-state index contributed by atoms with van der Waals surface area (Å²) >= 11 is 0. The lowest BCUT2D eigenvalue weighted by atomic mass is 9.85. The highest BCUT2D eigenvalue weighted by Gasteiger charge is 2.34. The first-order valence-corrected chi connectivity index (χ1v) is 7.19. The van der Waals surface area contributed by atoms with Crippen LogP contribution in [0, 0.1) is 6.92 Å². The van der Waals surface area contributed by atoms with Crippen LogP contribution in [0.15, 0.2) is 18.3 Å². The molecule has 1 fully saturated rings. The first-order chi connectivity index (χ1) is 9.99. The Kier molecular flexibility index (Phi) is 4.90. The van der Waals surface area contributed by atoms with Crippen LogP contribution in [-0.4, -0.2) is 52.0 Å². The largest absolute Gasteiger partial charge is 0.480 e. The van der Waals surface area contributed by atoms with E-state index in [9.17, 15) is 9.59 Å². The number of aromatic nitrogens is 1. The maximum Gasteiger partial charge on any atom is 0.317 e. The molecule has 1 aromatic rings. The maximum absolute atomic E-state index is 12.0. The van der Waals surface area contributed by atoms with E-state index in [0.29, 0.717) is 12.1 Å². The Morgan fingerprint density at radius 1 is 1.43 bits per heavy atom. The van der Waals surface area contributed by atoms with Gasteiger partial charge < -0.3 is 10.4 Å². The van der Waals surface area contributed by atoms with E-state index < -0.39 is 5.97 Å². The Morgan fingerprint density at radius 2 is 2.14 bits per heavy atom. The molecule has 1 aliphatic rings. The molecule has 1 heterocycles. The standard InChI is InChI=1S/C15H21N3O3/c1-3-18(9-14(19)20)13-6-12(7-13)17-15(21)11-5-4-10(2)16-8-11/h4-5,8,12-13H,3,6-7,9H2,1-2H3,(H,17,21)(H,19,20). The second-order valence-corrected chi connectivity index (χ2v) is 5.44. The number of carboxylic acid groups (broad SMARTS) is 1. The summed E-state index contributed by atoms with van der Waals surface area (Å²) in [5, 5.41) is 11.8. The molecule has 0 saturated heterocycles. The summed E-state index contributed by atoms with van der Waals surface area (Å²) in [7, 11) is 0. The van der Waals surface area contributed by atoms with Crippen molar-refractivity contribution in [3.05, 3.63) is 29.6 Å². The van der Waals surface area contributed by atoms with E-state index in [1.54, 1.807) is 12.3 Å². The van der Waals surface area contributed by atoms with Gasteiger partial charge in [-0.05, 0) is 38.4 Å². The van der Waals surface area contributed by atoms with Crippen LogP contribution in [0.1, 0.15) is 35.8 Å². The third-order valence-electron chi connectivity index (χ3n) is 3.88. The molecule has 1 aromatic heterocycles. The lowest BCUT2D eigenvalue weighted by Gasteiger charge is -2.42. The molecular formula is C15H21N3O3. The van der Waals surface area contributed by atoms with E-state index in [4.69, 9.17) is 5.11 Å². The van der Waals surface area contributed by atoms with Crippen molar-refractivity contribution in [3.63, 3.8) is 0 Å². The van der Waals surface area contributed by atoms with E-state index in [2.05, 4.69) is 10.3 Å². The predicted molar refractivity (Wildman–Crippen MR) is 78.1 cm³/mol. The fraction of sp³-hybridized carbons (Fsp3) is 0.533. The van der Waals surface area contributed by atoms with E-state index in [1.807, 2.05) is 24.8 Å². The Morgan fingerprint density at radius 3 is 2.67 bits per heavy atom. The number of likely N-dealkylation sites (N-methyl/N-ethyl adjacent to an activating group) is 1. The van der Waals surface area contributed by atoms with Crippen LogP contribution in [0.2, 0.25) is 0 Å². The summed E-state index contributed by atoms with van der Waals surface area (Å²) < 4.78 is 0. The van der Waals surface area contributed by atoms with Crippen LogP contribution >= 0.6 is 0 Å². The molecule has 0 radical (unpaired) electrons. The lowest BCUT2D eigenvalue weighted by Crippen LogP contribution is -2.54. The molecule has 21 heavy (non-hydrogen) atoms. The Bertz CT molecular complexity index is 509. The van der Waals surface area contributed by atoms with Crippen LogP contribution in [0.3, 0.4) is 0 Å². The number of aliphatic carboxylic acids is 1. The molecule has 2 rings (SSSR count). The maximum atomic E-state index is 12.0. The number of hydrogen-bond donors (Lipinski definition) is 2. The zero-order chi connectivity index (χ0) is 15.4. The van der Waals surface area contributed by atoms with E-state index in [-0.39, 0.29) is 24.5 Å². The van der Waals surface area contributed by atoms with E-state index in [1.165, 1.54) is 0 Å². The van der Waals surface area contributed by atoms with Crippen LogP contribution in [-0.2, 0) is 4.79 Å². The average Bonchev–Trinajstić information content (AvgIpc) is 2.40. The molecule has 1 saturated carbocycles. The number of carbonyl (C=O) groups excluding carboxylic acids is 1. The normalized spacial score (nSPS) is 20.9. The quantitative estimate of drug-likeness (QED) is 0.819. The van der Waals surface area contributed by atoms with Gasteiger partial charge in [0.1, 0.15) is 0 Å². The van der Waals surface area contributed by atoms with Crippen molar-refractivity contribution in [3.8, 4) is 0 Å². The van der Waals surface area contributed by atoms with Gasteiger partial charge in [0.05, 0.1) is 12.1 Å². The number of nitrogens with zero attached hydrogens (tertiary/aromatic N) is 2. The minimum Gasteiger partial charge on any atom is -0.480 e. The summed E-state index contributed by atoms with van der Waals surface area (Å²) in [6, 6.07) is 3.93. The summed E-state index contributed by atoms with van der Waals surface area (Å²) in [5.41, 5.74) is 1.43. The first-order valence-electron chi connectivity index (χ1n) is 7.19. The van der Waals surface area contributed by atoms with Gasteiger partial charge in [-0.3, -0.25) is 19.5 Å². The van der Waals surface area contributed by atoms with Crippen molar-refractivity contribution < 1.29 is 14.7 Å².